The second-order valence-corrected chi connectivity index (χ2v) is 28.3. The van der Waals surface area contributed by atoms with Crippen molar-refractivity contribution in [3.63, 3.8) is 0 Å². The van der Waals surface area contributed by atoms with Crippen LogP contribution < -0.4 is 0 Å². The number of carbonyl (C=O) groups excluding carboxylic acids is 4. The van der Waals surface area contributed by atoms with E-state index in [0.29, 0.717) is 25.7 Å². The Hall–Kier alpha value is -1.94. The van der Waals surface area contributed by atoms with E-state index in [2.05, 4.69) is 34.6 Å². The fourth-order valence-corrected chi connectivity index (χ4v) is 12.0. The molecule has 0 saturated heterocycles. The first kappa shape index (κ1) is 86.1. The monoisotopic (exact) mass is 1300 g/mol. The summed E-state index contributed by atoms with van der Waals surface area (Å²) in [7, 11) is -9.89. The number of ether oxygens (including phenoxy) is 4. The predicted molar refractivity (Wildman–Crippen MR) is 354 cm³/mol. The molecule has 0 aliphatic carbocycles. The summed E-state index contributed by atoms with van der Waals surface area (Å²) in [6.07, 6.45) is 48.4. The van der Waals surface area contributed by atoms with Crippen LogP contribution >= 0.6 is 15.6 Å². The molecule has 0 radical (unpaired) electrons. The van der Waals surface area contributed by atoms with Gasteiger partial charge in [-0.05, 0) is 31.6 Å². The van der Waals surface area contributed by atoms with E-state index in [0.717, 1.165) is 95.8 Å². The third-order valence-electron chi connectivity index (χ3n) is 16.0. The van der Waals surface area contributed by atoms with Gasteiger partial charge in [0.05, 0.1) is 26.4 Å². The maximum atomic E-state index is 13.0. The van der Waals surface area contributed by atoms with Crippen LogP contribution in [0.3, 0.4) is 0 Å². The molecule has 0 aromatic rings. The molecule has 522 valence electrons. The molecule has 0 spiro atoms. The highest BCUT2D eigenvalue weighted by atomic mass is 31.2. The standard InChI is InChI=1S/C69H134O17P2/c1-6-9-12-15-18-21-24-26-28-33-38-43-48-53-67(72)80-59-65(86-69(74)55-50-45-40-35-30-29-31-36-41-46-51-62(4)5)61-84-88(77,78)82-57-63(70)56-81-87(75,76)83-60-64(58-79-66(71)52-47-42-37-32-23-20-17-14-11-8-3)85-68(73)54-49-44-39-34-27-25-22-19-16-13-10-7-2/h62-65,70H,6-61H2,1-5H3,(H,75,76)(H,77,78)/t63-,64+,65+/m0/s1. The normalized spacial score (nSPS) is 14.1. The summed E-state index contributed by atoms with van der Waals surface area (Å²) in [6.45, 7) is 7.23. The maximum Gasteiger partial charge on any atom is 0.472 e. The Morgan fingerprint density at radius 1 is 0.307 bits per heavy atom. The van der Waals surface area contributed by atoms with Crippen molar-refractivity contribution in [2.75, 3.05) is 39.6 Å². The molecular formula is C69H134O17P2. The van der Waals surface area contributed by atoms with Crippen LogP contribution in [-0.4, -0.2) is 96.7 Å². The van der Waals surface area contributed by atoms with Crippen LogP contribution in [0.4, 0.5) is 0 Å². The third kappa shape index (κ3) is 62.8. The number of hydrogen-bond acceptors (Lipinski definition) is 15. The molecule has 0 rings (SSSR count). The summed E-state index contributed by atoms with van der Waals surface area (Å²) < 4.78 is 68.2. The topological polar surface area (TPSA) is 237 Å². The average molecular weight is 1300 g/mol. The first-order chi connectivity index (χ1) is 42.5. The van der Waals surface area contributed by atoms with Crippen LogP contribution in [0.2, 0.25) is 0 Å². The van der Waals surface area contributed by atoms with Crippen LogP contribution in [0, 0.1) is 5.92 Å². The number of hydrogen-bond donors (Lipinski definition) is 3. The van der Waals surface area contributed by atoms with Crippen LogP contribution in [0.25, 0.3) is 0 Å². The summed E-state index contributed by atoms with van der Waals surface area (Å²) in [6, 6.07) is 0. The largest absolute Gasteiger partial charge is 0.472 e. The Morgan fingerprint density at radius 3 is 0.773 bits per heavy atom. The van der Waals surface area contributed by atoms with Crippen LogP contribution in [0.5, 0.6) is 0 Å². The molecule has 0 aliphatic heterocycles. The summed E-state index contributed by atoms with van der Waals surface area (Å²) in [5, 5.41) is 10.6. The van der Waals surface area contributed by atoms with Crippen molar-refractivity contribution in [2.24, 2.45) is 5.92 Å². The van der Waals surface area contributed by atoms with Crippen LogP contribution in [-0.2, 0) is 65.4 Å². The van der Waals surface area contributed by atoms with E-state index >= 15 is 0 Å². The predicted octanol–water partition coefficient (Wildman–Crippen LogP) is 19.7. The lowest BCUT2D eigenvalue weighted by molar-refractivity contribution is -0.161. The number of aliphatic hydroxyl groups is 1. The molecule has 17 nitrogen and oxygen atoms in total. The van der Waals surface area contributed by atoms with Gasteiger partial charge in [0, 0.05) is 25.7 Å². The van der Waals surface area contributed by atoms with E-state index in [-0.39, 0.29) is 25.7 Å². The fraction of sp³-hybridized carbons (Fsp3) is 0.942. The first-order valence-corrected chi connectivity index (χ1v) is 39.1. The van der Waals surface area contributed by atoms with E-state index in [1.807, 2.05) is 0 Å². The summed E-state index contributed by atoms with van der Waals surface area (Å²) >= 11 is 0. The van der Waals surface area contributed by atoms with Crippen molar-refractivity contribution in [2.45, 2.75) is 374 Å². The number of carbonyl (C=O) groups is 4. The minimum absolute atomic E-state index is 0.107. The fourth-order valence-electron chi connectivity index (χ4n) is 10.5. The molecule has 0 fully saturated rings. The second kappa shape index (κ2) is 62.5. The van der Waals surface area contributed by atoms with Crippen molar-refractivity contribution < 1.29 is 80.2 Å². The lowest BCUT2D eigenvalue weighted by Gasteiger charge is -2.21. The summed E-state index contributed by atoms with van der Waals surface area (Å²) in [5.74, 6) is -1.37. The van der Waals surface area contributed by atoms with Gasteiger partial charge in [0.15, 0.2) is 12.2 Å². The van der Waals surface area contributed by atoms with Gasteiger partial charge in [-0.25, -0.2) is 9.13 Å². The average Bonchev–Trinajstić information content (AvgIpc) is 3.56. The van der Waals surface area contributed by atoms with Gasteiger partial charge < -0.3 is 33.8 Å². The quantitative estimate of drug-likeness (QED) is 0.0222. The third-order valence-corrected chi connectivity index (χ3v) is 17.9. The van der Waals surface area contributed by atoms with Gasteiger partial charge in [0.1, 0.15) is 19.3 Å². The molecular weight excluding hydrogens is 1160 g/mol. The summed E-state index contributed by atoms with van der Waals surface area (Å²) in [4.78, 5) is 72.5. The highest BCUT2D eigenvalue weighted by Gasteiger charge is 2.30. The minimum atomic E-state index is -4.95. The zero-order valence-electron chi connectivity index (χ0n) is 56.9. The van der Waals surface area contributed by atoms with Gasteiger partial charge >= 0.3 is 39.5 Å². The molecule has 0 heterocycles. The number of unbranched alkanes of at least 4 members (excludes halogenated alkanes) is 41. The Kier molecular flexibility index (Phi) is 61.1. The van der Waals surface area contributed by atoms with Crippen molar-refractivity contribution in [3.05, 3.63) is 0 Å². The highest BCUT2D eigenvalue weighted by Crippen LogP contribution is 2.45. The van der Waals surface area contributed by atoms with Crippen LogP contribution in [0.15, 0.2) is 0 Å². The first-order valence-electron chi connectivity index (χ1n) is 36.1. The van der Waals surface area contributed by atoms with Crippen molar-refractivity contribution in [1.82, 2.24) is 0 Å². The molecule has 2 unspecified atom stereocenters. The van der Waals surface area contributed by atoms with Crippen LogP contribution in [0.1, 0.15) is 356 Å². The van der Waals surface area contributed by atoms with Gasteiger partial charge in [-0.3, -0.25) is 37.3 Å². The molecule has 3 N–H and O–H groups in total. The Morgan fingerprint density at radius 2 is 0.523 bits per heavy atom. The lowest BCUT2D eigenvalue weighted by atomic mass is 10.0. The smallest absolute Gasteiger partial charge is 0.462 e. The number of phosphoric ester groups is 2. The van der Waals surface area contributed by atoms with Gasteiger partial charge in [-0.2, -0.15) is 0 Å². The summed E-state index contributed by atoms with van der Waals surface area (Å²) in [5.41, 5.74) is 0. The lowest BCUT2D eigenvalue weighted by Crippen LogP contribution is -2.30. The molecule has 0 aromatic heterocycles. The minimum Gasteiger partial charge on any atom is -0.462 e. The Bertz CT molecular complexity index is 1700. The van der Waals surface area contributed by atoms with Gasteiger partial charge in [0.2, 0.25) is 0 Å². The van der Waals surface area contributed by atoms with Gasteiger partial charge in [-0.1, -0.05) is 304 Å². The van der Waals surface area contributed by atoms with E-state index in [1.165, 1.54) is 180 Å². The van der Waals surface area contributed by atoms with E-state index in [1.54, 1.807) is 0 Å². The zero-order valence-corrected chi connectivity index (χ0v) is 58.6. The number of phosphoric acid groups is 2. The molecule has 5 atom stereocenters. The maximum absolute atomic E-state index is 13.0. The van der Waals surface area contributed by atoms with E-state index < -0.39 is 97.5 Å². The van der Waals surface area contributed by atoms with E-state index in [4.69, 9.17) is 37.0 Å². The van der Waals surface area contributed by atoms with Gasteiger partial charge in [-0.15, -0.1) is 0 Å². The Labute approximate surface area is 537 Å². The Balaban J connectivity index is 5.25. The molecule has 88 heavy (non-hydrogen) atoms. The highest BCUT2D eigenvalue weighted by molar-refractivity contribution is 7.47. The number of rotatable bonds is 69. The van der Waals surface area contributed by atoms with Gasteiger partial charge in [0.25, 0.3) is 0 Å². The molecule has 0 aliphatic rings. The molecule has 0 amide bonds. The number of aliphatic hydroxyl groups excluding tert-OH is 1. The SMILES string of the molecule is CCCCCCCCCCCCCCCC(=O)OC[C@H](COP(=O)(O)OC[C@@H](O)COP(=O)(O)OC[C@@H](COC(=O)CCCCCCCCCCCC)OC(=O)CCCCCCCCCCCCCC)OC(=O)CCCCCCCCCCCCC(C)C. The molecule has 0 aromatic carbocycles. The molecule has 0 saturated carbocycles. The van der Waals surface area contributed by atoms with Crippen molar-refractivity contribution in [1.29, 1.82) is 0 Å². The molecule has 19 heteroatoms. The molecule has 0 bridgehead atoms. The number of esters is 4. The second-order valence-electron chi connectivity index (χ2n) is 25.4. The van der Waals surface area contributed by atoms with Crippen molar-refractivity contribution >= 4 is 39.5 Å². The van der Waals surface area contributed by atoms with E-state index in [9.17, 15) is 43.2 Å². The van der Waals surface area contributed by atoms with Crippen molar-refractivity contribution in [3.8, 4) is 0 Å². The zero-order chi connectivity index (χ0) is 64.9.